The van der Waals surface area contributed by atoms with Crippen LogP contribution in [-0.2, 0) is 23.3 Å². The molecule has 2 aromatic rings. The lowest BCUT2D eigenvalue weighted by Crippen LogP contribution is -2.53. The van der Waals surface area contributed by atoms with E-state index >= 15 is 0 Å². The third-order valence-electron chi connectivity index (χ3n) is 5.31. The summed E-state index contributed by atoms with van der Waals surface area (Å²) in [5.41, 5.74) is -0.398. The van der Waals surface area contributed by atoms with Crippen LogP contribution >= 0.6 is 0 Å². The van der Waals surface area contributed by atoms with Crippen molar-refractivity contribution in [2.45, 2.75) is 38.3 Å². The summed E-state index contributed by atoms with van der Waals surface area (Å²) in [6, 6.07) is 3.19. The van der Waals surface area contributed by atoms with Gasteiger partial charge in [-0.3, -0.25) is 14.7 Å². The topological polar surface area (TPSA) is 113 Å². The van der Waals surface area contributed by atoms with E-state index in [9.17, 15) is 9.59 Å². The summed E-state index contributed by atoms with van der Waals surface area (Å²) in [5.74, 6) is 0.507. The maximum Gasteiger partial charge on any atom is 0.325 e. The Morgan fingerprint density at radius 1 is 1.33 bits per heavy atom. The van der Waals surface area contributed by atoms with E-state index in [1.807, 2.05) is 13.0 Å². The average Bonchev–Trinajstić information content (AvgIpc) is 3.28. The molecule has 2 aromatic heterocycles. The van der Waals surface area contributed by atoms with Crippen LogP contribution in [0.1, 0.15) is 37.0 Å². The molecule has 142 valence electrons. The Labute approximate surface area is 156 Å². The molecular weight excluding hydrogens is 348 g/mol. The van der Waals surface area contributed by atoms with Gasteiger partial charge in [0.1, 0.15) is 0 Å². The molecule has 27 heavy (non-hydrogen) atoms. The smallest absolute Gasteiger partial charge is 0.325 e. The van der Waals surface area contributed by atoms with E-state index in [0.717, 1.165) is 25.9 Å². The number of aromatic nitrogens is 3. The predicted molar refractivity (Wildman–Crippen MR) is 94.3 cm³/mol. The van der Waals surface area contributed by atoms with Crippen molar-refractivity contribution in [3.05, 3.63) is 41.8 Å². The molecule has 1 atom stereocenters. The minimum absolute atomic E-state index is 0.0127. The van der Waals surface area contributed by atoms with Crippen molar-refractivity contribution in [1.29, 1.82) is 0 Å². The van der Waals surface area contributed by atoms with E-state index in [1.165, 1.54) is 4.90 Å². The number of nitrogens with one attached hydrogen (secondary N) is 2. The van der Waals surface area contributed by atoms with Crippen molar-refractivity contribution in [3.8, 4) is 0 Å². The molecule has 9 nitrogen and oxygen atoms in total. The van der Waals surface area contributed by atoms with E-state index in [2.05, 4.69) is 25.8 Å². The van der Waals surface area contributed by atoms with Crippen LogP contribution in [0, 0.1) is 5.92 Å². The number of urea groups is 1. The van der Waals surface area contributed by atoms with Gasteiger partial charge in [0.2, 0.25) is 5.89 Å². The van der Waals surface area contributed by atoms with Crippen LogP contribution in [0.15, 0.2) is 29.0 Å². The van der Waals surface area contributed by atoms with Gasteiger partial charge in [-0.1, -0.05) is 18.1 Å². The molecule has 3 amide bonds. The monoisotopic (exact) mass is 370 g/mol. The highest BCUT2D eigenvalue weighted by molar-refractivity contribution is 6.07. The van der Waals surface area contributed by atoms with E-state index in [4.69, 9.17) is 4.52 Å². The van der Waals surface area contributed by atoms with Crippen molar-refractivity contribution in [2.24, 2.45) is 5.92 Å². The molecule has 0 bridgehead atoms. The molecule has 0 radical (unpaired) electrons. The number of rotatable bonds is 5. The molecule has 0 unspecified atom stereocenters. The number of carbonyl (C=O) groups is 2. The molecule has 4 rings (SSSR count). The number of hydrogen-bond donors (Lipinski definition) is 2. The average molecular weight is 370 g/mol. The second kappa shape index (κ2) is 7.07. The Morgan fingerprint density at radius 3 is 2.81 bits per heavy atom. The molecule has 4 heterocycles. The lowest BCUT2D eigenvalue weighted by Gasteiger charge is -2.37. The number of nitrogens with zero attached hydrogens (tertiary/aromatic N) is 4. The fraction of sp³-hybridized carbons (Fsp3) is 0.500. The van der Waals surface area contributed by atoms with Gasteiger partial charge in [0.25, 0.3) is 5.91 Å². The van der Waals surface area contributed by atoms with Gasteiger partial charge in [0.05, 0.1) is 6.54 Å². The molecule has 2 saturated heterocycles. The minimum atomic E-state index is -1.11. The zero-order valence-electron chi connectivity index (χ0n) is 15.1. The van der Waals surface area contributed by atoms with Crippen LogP contribution < -0.4 is 10.6 Å². The van der Waals surface area contributed by atoms with Crippen molar-refractivity contribution in [2.75, 3.05) is 13.1 Å². The molecule has 9 heteroatoms. The molecular formula is C18H22N6O3. The second-order valence-electron chi connectivity index (χ2n) is 6.85. The summed E-state index contributed by atoms with van der Waals surface area (Å²) < 4.78 is 5.10. The molecule has 2 fully saturated rings. The van der Waals surface area contributed by atoms with Crippen LogP contribution in [0.3, 0.4) is 0 Å². The van der Waals surface area contributed by atoms with Gasteiger partial charge in [-0.15, -0.1) is 0 Å². The predicted octanol–water partition coefficient (Wildman–Crippen LogP) is 0.974. The van der Waals surface area contributed by atoms with Crippen LogP contribution in [-0.4, -0.2) is 45.1 Å². The number of hydrogen-bond acceptors (Lipinski definition) is 7. The summed E-state index contributed by atoms with van der Waals surface area (Å²) in [6.07, 6.45) is 5.49. The summed E-state index contributed by atoms with van der Waals surface area (Å²) in [6.45, 7) is 3.50. The summed E-state index contributed by atoms with van der Waals surface area (Å²) in [4.78, 5) is 35.9. The Kier molecular flexibility index (Phi) is 4.61. The van der Waals surface area contributed by atoms with Gasteiger partial charge in [-0.2, -0.15) is 4.98 Å². The third-order valence-corrected chi connectivity index (χ3v) is 5.31. The first kappa shape index (κ1) is 17.6. The van der Waals surface area contributed by atoms with E-state index < -0.39 is 11.6 Å². The number of imide groups is 1. The fourth-order valence-electron chi connectivity index (χ4n) is 3.94. The van der Waals surface area contributed by atoms with Gasteiger partial charge < -0.3 is 15.2 Å². The molecule has 2 aliphatic heterocycles. The Balaban J connectivity index is 1.69. The lowest BCUT2D eigenvalue weighted by atomic mass is 9.74. The Hall–Kier alpha value is -2.81. The highest BCUT2D eigenvalue weighted by Crippen LogP contribution is 2.40. The van der Waals surface area contributed by atoms with Crippen molar-refractivity contribution in [1.82, 2.24) is 30.7 Å². The van der Waals surface area contributed by atoms with Gasteiger partial charge in [0.15, 0.2) is 11.4 Å². The summed E-state index contributed by atoms with van der Waals surface area (Å²) in [7, 11) is 0. The first-order valence-corrected chi connectivity index (χ1v) is 9.22. The van der Waals surface area contributed by atoms with Crippen LogP contribution in [0.25, 0.3) is 0 Å². The van der Waals surface area contributed by atoms with Crippen LogP contribution in [0.4, 0.5) is 4.79 Å². The SMILES string of the molecule is CCc1nc(CN2C(=O)N[C@](c3cccnc3)(C3CCNCC3)C2=O)no1. The van der Waals surface area contributed by atoms with Gasteiger partial charge in [-0.25, -0.2) is 4.79 Å². The fourth-order valence-corrected chi connectivity index (χ4v) is 3.94. The zero-order valence-corrected chi connectivity index (χ0v) is 15.1. The Morgan fingerprint density at radius 2 is 2.15 bits per heavy atom. The van der Waals surface area contributed by atoms with Gasteiger partial charge in [0, 0.05) is 24.4 Å². The second-order valence-corrected chi connectivity index (χ2v) is 6.85. The summed E-state index contributed by atoms with van der Waals surface area (Å²) >= 11 is 0. The van der Waals surface area contributed by atoms with Crippen molar-refractivity contribution in [3.63, 3.8) is 0 Å². The van der Waals surface area contributed by atoms with Gasteiger partial charge in [-0.05, 0) is 37.9 Å². The maximum absolute atomic E-state index is 13.5. The number of pyridine rings is 1. The largest absolute Gasteiger partial charge is 0.339 e. The van der Waals surface area contributed by atoms with Crippen LogP contribution in [0.5, 0.6) is 0 Å². The standard InChI is InChI=1S/C18H22N6O3/c1-2-15-21-14(23-27-15)11-24-16(25)18(22-17(24)26,12-5-8-19-9-6-12)13-4-3-7-20-10-13/h3-4,7,10,12,19H,2,5-6,8-9,11H2,1H3,(H,22,26)/t18-/m0/s1. The lowest BCUT2D eigenvalue weighted by molar-refractivity contribution is -0.134. The van der Waals surface area contributed by atoms with Crippen molar-refractivity contribution >= 4 is 11.9 Å². The maximum atomic E-state index is 13.5. The molecule has 2 N–H and O–H groups in total. The summed E-state index contributed by atoms with van der Waals surface area (Å²) in [5, 5.41) is 10.2. The molecule has 0 aliphatic carbocycles. The number of piperidine rings is 1. The van der Waals surface area contributed by atoms with Crippen molar-refractivity contribution < 1.29 is 14.1 Å². The zero-order chi connectivity index (χ0) is 18.9. The normalized spacial score (nSPS) is 23.7. The van der Waals surface area contributed by atoms with E-state index in [-0.39, 0.29) is 18.4 Å². The van der Waals surface area contributed by atoms with Gasteiger partial charge >= 0.3 is 6.03 Å². The molecule has 0 spiro atoms. The number of amides is 3. The number of aryl methyl sites for hydroxylation is 1. The minimum Gasteiger partial charge on any atom is -0.339 e. The third kappa shape index (κ3) is 2.97. The molecule has 2 aliphatic rings. The molecule has 0 saturated carbocycles. The quantitative estimate of drug-likeness (QED) is 0.754. The molecule has 0 aromatic carbocycles. The first-order chi connectivity index (χ1) is 13.1. The number of carbonyl (C=O) groups excluding carboxylic acids is 2. The van der Waals surface area contributed by atoms with Crippen LogP contribution in [0.2, 0.25) is 0 Å². The first-order valence-electron chi connectivity index (χ1n) is 9.22. The highest BCUT2D eigenvalue weighted by atomic mass is 16.5. The Bertz CT molecular complexity index is 833. The van der Waals surface area contributed by atoms with E-state index in [1.54, 1.807) is 18.5 Å². The van der Waals surface area contributed by atoms with E-state index in [0.29, 0.717) is 23.7 Å². The highest BCUT2D eigenvalue weighted by Gasteiger charge is 2.57.